The van der Waals surface area contributed by atoms with E-state index in [2.05, 4.69) is 95.0 Å². The highest BCUT2D eigenvalue weighted by molar-refractivity contribution is 14.0. The Morgan fingerprint density at radius 1 is 1.07 bits per heavy atom. The van der Waals surface area contributed by atoms with Gasteiger partial charge in [-0.2, -0.15) is 0 Å². The van der Waals surface area contributed by atoms with E-state index in [9.17, 15) is 0 Å². The van der Waals surface area contributed by atoms with E-state index in [1.54, 1.807) is 0 Å². The van der Waals surface area contributed by atoms with Gasteiger partial charge in [0.1, 0.15) is 0 Å². The van der Waals surface area contributed by atoms with Crippen LogP contribution in [0.2, 0.25) is 0 Å². The van der Waals surface area contributed by atoms with Crippen molar-refractivity contribution in [2.45, 2.75) is 38.9 Å². The van der Waals surface area contributed by atoms with E-state index >= 15 is 0 Å². The first-order valence-electron chi connectivity index (χ1n) is 10.6. The summed E-state index contributed by atoms with van der Waals surface area (Å²) in [6, 6.07) is 17.6. The van der Waals surface area contributed by atoms with E-state index in [1.807, 2.05) is 7.05 Å². The summed E-state index contributed by atoms with van der Waals surface area (Å²) in [5.74, 6) is 0.823. The summed E-state index contributed by atoms with van der Waals surface area (Å²) >= 11 is 0. The summed E-state index contributed by atoms with van der Waals surface area (Å²) in [4.78, 5) is 9.11. The maximum Gasteiger partial charge on any atom is 0.191 e. The number of aliphatic imine (C=N–C) groups is 1. The van der Waals surface area contributed by atoms with Gasteiger partial charge in [-0.3, -0.25) is 4.99 Å². The van der Waals surface area contributed by atoms with E-state index < -0.39 is 0 Å². The number of halogens is 1. The highest BCUT2D eigenvalue weighted by Crippen LogP contribution is 2.24. The molecule has 2 aromatic carbocycles. The SMILES string of the molecule is CN=C(NCc1ccccc1CN(C)C)NC(C)c1cccc(N2CCCC2)c1.I. The molecule has 0 radical (unpaired) electrons. The molecule has 5 nitrogen and oxygen atoms in total. The maximum atomic E-state index is 4.43. The number of guanidine groups is 1. The van der Waals surface area contributed by atoms with E-state index in [0.717, 1.165) is 19.0 Å². The molecule has 0 amide bonds. The van der Waals surface area contributed by atoms with Crippen LogP contribution in [0.15, 0.2) is 53.5 Å². The Labute approximate surface area is 199 Å². The van der Waals surface area contributed by atoms with Crippen molar-refractivity contribution in [2.24, 2.45) is 4.99 Å². The lowest BCUT2D eigenvalue weighted by Gasteiger charge is -2.22. The molecule has 0 aliphatic carbocycles. The molecule has 2 N–H and O–H groups in total. The number of benzene rings is 2. The average Bonchev–Trinajstić information content (AvgIpc) is 3.26. The first-order valence-corrected chi connectivity index (χ1v) is 10.6. The van der Waals surface area contributed by atoms with Gasteiger partial charge in [-0.15, -0.1) is 24.0 Å². The van der Waals surface area contributed by atoms with Gasteiger partial charge in [0.05, 0.1) is 6.04 Å². The molecule has 0 saturated carbocycles. The molecule has 1 unspecified atom stereocenters. The van der Waals surface area contributed by atoms with Crippen molar-refractivity contribution < 1.29 is 0 Å². The summed E-state index contributed by atoms with van der Waals surface area (Å²) in [6.45, 7) is 6.21. The van der Waals surface area contributed by atoms with Gasteiger partial charge >= 0.3 is 0 Å². The minimum Gasteiger partial charge on any atom is -0.372 e. The summed E-state index contributed by atoms with van der Waals surface area (Å²) in [5, 5.41) is 7.02. The lowest BCUT2D eigenvalue weighted by atomic mass is 10.1. The molecule has 2 aromatic rings. The van der Waals surface area contributed by atoms with Gasteiger partial charge in [0.2, 0.25) is 0 Å². The molecule has 0 spiro atoms. The molecule has 1 saturated heterocycles. The van der Waals surface area contributed by atoms with Crippen LogP contribution in [-0.2, 0) is 13.1 Å². The van der Waals surface area contributed by atoms with Crippen LogP contribution in [0.4, 0.5) is 5.69 Å². The summed E-state index contributed by atoms with van der Waals surface area (Å²) in [5.41, 5.74) is 5.25. The number of hydrogen-bond donors (Lipinski definition) is 2. The van der Waals surface area contributed by atoms with Crippen LogP contribution in [0.1, 0.15) is 42.5 Å². The predicted octanol–water partition coefficient (Wildman–Crippen LogP) is 4.39. The zero-order valence-electron chi connectivity index (χ0n) is 18.7. The molecule has 6 heteroatoms. The normalized spacial score (nSPS) is 15.1. The van der Waals surface area contributed by atoms with Crippen molar-refractivity contribution in [3.63, 3.8) is 0 Å². The topological polar surface area (TPSA) is 42.9 Å². The third kappa shape index (κ3) is 6.87. The lowest BCUT2D eigenvalue weighted by Crippen LogP contribution is -2.38. The van der Waals surface area contributed by atoms with Gasteiger partial charge in [0.25, 0.3) is 0 Å². The van der Waals surface area contributed by atoms with Gasteiger partial charge in [0.15, 0.2) is 5.96 Å². The van der Waals surface area contributed by atoms with Crippen molar-refractivity contribution in [2.75, 3.05) is 39.1 Å². The Morgan fingerprint density at radius 2 is 1.77 bits per heavy atom. The molecule has 1 aliphatic rings. The van der Waals surface area contributed by atoms with Gasteiger partial charge in [0, 0.05) is 38.9 Å². The number of nitrogens with zero attached hydrogens (tertiary/aromatic N) is 3. The van der Waals surface area contributed by atoms with Crippen molar-refractivity contribution >= 4 is 35.6 Å². The molecular formula is C24H36IN5. The van der Waals surface area contributed by atoms with Crippen molar-refractivity contribution in [1.29, 1.82) is 0 Å². The second-order valence-electron chi connectivity index (χ2n) is 8.09. The Balaban J connectivity index is 0.00000320. The first kappa shape index (κ1) is 24.5. The van der Waals surface area contributed by atoms with Crippen LogP contribution < -0.4 is 15.5 Å². The van der Waals surface area contributed by atoms with Crippen LogP contribution in [0.25, 0.3) is 0 Å². The summed E-state index contributed by atoms with van der Waals surface area (Å²) in [7, 11) is 6.03. The van der Waals surface area contributed by atoms with E-state index in [0.29, 0.717) is 0 Å². The fourth-order valence-corrected chi connectivity index (χ4v) is 3.85. The van der Waals surface area contributed by atoms with E-state index in [1.165, 1.54) is 48.3 Å². The molecule has 1 aliphatic heterocycles. The van der Waals surface area contributed by atoms with Gasteiger partial charge < -0.3 is 20.4 Å². The van der Waals surface area contributed by atoms with Gasteiger partial charge in [-0.25, -0.2) is 0 Å². The number of rotatable bonds is 7. The van der Waals surface area contributed by atoms with Crippen molar-refractivity contribution in [1.82, 2.24) is 15.5 Å². The van der Waals surface area contributed by atoms with Crippen LogP contribution in [0.5, 0.6) is 0 Å². The fourth-order valence-electron chi connectivity index (χ4n) is 3.85. The fraction of sp³-hybridized carbons (Fsp3) is 0.458. The Hall–Kier alpha value is -1.80. The second-order valence-corrected chi connectivity index (χ2v) is 8.09. The average molecular weight is 521 g/mol. The third-order valence-electron chi connectivity index (χ3n) is 5.47. The molecular weight excluding hydrogens is 485 g/mol. The molecule has 30 heavy (non-hydrogen) atoms. The molecule has 164 valence electrons. The van der Waals surface area contributed by atoms with Gasteiger partial charge in [-0.05, 0) is 62.7 Å². The minimum absolute atomic E-state index is 0. The quantitative estimate of drug-likeness (QED) is 0.322. The first-order chi connectivity index (χ1) is 14.1. The second kappa shape index (κ2) is 12.2. The minimum atomic E-state index is 0. The number of anilines is 1. The van der Waals surface area contributed by atoms with Crippen LogP contribution in [0.3, 0.4) is 0 Å². The molecule has 1 fully saturated rings. The zero-order chi connectivity index (χ0) is 20.6. The standard InChI is InChI=1S/C24H35N5.HI/c1-19(20-12-9-13-23(16-20)29-14-7-8-15-29)27-24(25-2)26-17-21-10-5-6-11-22(21)18-28(3)4;/h5-6,9-13,16,19H,7-8,14-15,17-18H2,1-4H3,(H2,25,26,27);1H. The smallest absolute Gasteiger partial charge is 0.191 e. The lowest BCUT2D eigenvalue weighted by molar-refractivity contribution is 0.400. The van der Waals surface area contributed by atoms with Crippen molar-refractivity contribution in [3.8, 4) is 0 Å². The Bertz CT molecular complexity index is 815. The number of hydrogen-bond acceptors (Lipinski definition) is 3. The highest BCUT2D eigenvalue weighted by Gasteiger charge is 2.14. The zero-order valence-corrected chi connectivity index (χ0v) is 21.0. The highest BCUT2D eigenvalue weighted by atomic mass is 127. The van der Waals surface area contributed by atoms with Crippen LogP contribution in [0, 0.1) is 0 Å². The largest absolute Gasteiger partial charge is 0.372 e. The Kier molecular flexibility index (Phi) is 9.91. The van der Waals surface area contributed by atoms with Gasteiger partial charge in [-0.1, -0.05) is 36.4 Å². The van der Waals surface area contributed by atoms with Crippen LogP contribution >= 0.6 is 24.0 Å². The Morgan fingerprint density at radius 3 is 2.43 bits per heavy atom. The van der Waals surface area contributed by atoms with Crippen LogP contribution in [-0.4, -0.2) is 45.1 Å². The summed E-state index contributed by atoms with van der Waals surface area (Å²) in [6.07, 6.45) is 2.59. The molecule has 0 aromatic heterocycles. The molecule has 0 bridgehead atoms. The van der Waals surface area contributed by atoms with Crippen molar-refractivity contribution in [3.05, 3.63) is 65.2 Å². The number of nitrogens with one attached hydrogen (secondary N) is 2. The monoisotopic (exact) mass is 521 g/mol. The molecule has 3 rings (SSSR count). The predicted molar refractivity (Wildman–Crippen MR) is 139 cm³/mol. The van der Waals surface area contributed by atoms with E-state index in [-0.39, 0.29) is 30.0 Å². The third-order valence-corrected chi connectivity index (χ3v) is 5.47. The maximum absolute atomic E-state index is 4.43. The molecule has 1 heterocycles. The van der Waals surface area contributed by atoms with E-state index in [4.69, 9.17) is 0 Å². The summed E-state index contributed by atoms with van der Waals surface area (Å²) < 4.78 is 0. The molecule has 1 atom stereocenters.